The number of hydrogen-bond donors (Lipinski definition) is 9. The summed E-state index contributed by atoms with van der Waals surface area (Å²) in [6.07, 6.45) is 3.56. The first-order valence-electron chi connectivity index (χ1n) is 20.7. The van der Waals surface area contributed by atoms with Gasteiger partial charge < -0.3 is 51.9 Å². The molecule has 0 aromatic carbocycles. The van der Waals surface area contributed by atoms with Crippen molar-refractivity contribution in [3.05, 3.63) is 0 Å². The maximum Gasteiger partial charge on any atom is 0.326 e. The van der Waals surface area contributed by atoms with E-state index in [0.29, 0.717) is 97.7 Å². The van der Waals surface area contributed by atoms with Crippen molar-refractivity contribution < 1.29 is 63.6 Å². The Morgan fingerprint density at radius 2 is 0.833 bits per heavy atom. The Labute approximate surface area is 351 Å². The van der Waals surface area contributed by atoms with Crippen molar-refractivity contribution in [2.45, 2.75) is 83.6 Å². The maximum absolute atomic E-state index is 12.5. The SMILES string of the molecule is CCC(=O)NC(CCCNC(=O)CCC(=O)NCCCCCNC(=O)CCNC(=O)CCCN1CCN(CC(=O)O)CCN(CC(=O)O)CCN(CC(=O)O)CC1)C(=O)O. The molecule has 0 aromatic heterocycles. The number of unbranched alkanes of at least 4 members (excludes halogenated alkanes) is 2. The van der Waals surface area contributed by atoms with Gasteiger partial charge in [-0.25, -0.2) is 4.79 Å². The lowest BCUT2D eigenvalue weighted by molar-refractivity contribution is -0.142. The lowest BCUT2D eigenvalue weighted by Gasteiger charge is -2.33. The minimum Gasteiger partial charge on any atom is -0.480 e. The van der Waals surface area contributed by atoms with Gasteiger partial charge >= 0.3 is 23.9 Å². The van der Waals surface area contributed by atoms with Gasteiger partial charge in [0, 0.05) is 111 Å². The summed E-state index contributed by atoms with van der Waals surface area (Å²) >= 11 is 0. The summed E-state index contributed by atoms with van der Waals surface area (Å²) in [4.78, 5) is 113. The molecule has 1 atom stereocenters. The van der Waals surface area contributed by atoms with Gasteiger partial charge in [0.05, 0.1) is 19.6 Å². The van der Waals surface area contributed by atoms with Gasteiger partial charge in [-0.1, -0.05) is 6.92 Å². The van der Waals surface area contributed by atoms with E-state index in [0.717, 1.165) is 6.42 Å². The van der Waals surface area contributed by atoms with Gasteiger partial charge in [0.1, 0.15) is 6.04 Å². The van der Waals surface area contributed by atoms with Gasteiger partial charge in [-0.05, 0) is 45.1 Å². The van der Waals surface area contributed by atoms with Crippen molar-refractivity contribution in [2.24, 2.45) is 0 Å². The number of nitrogens with one attached hydrogen (secondary N) is 5. The molecule has 1 fully saturated rings. The van der Waals surface area contributed by atoms with Crippen LogP contribution in [0, 0.1) is 0 Å². The lowest BCUT2D eigenvalue weighted by Crippen LogP contribution is -2.48. The average Bonchev–Trinajstić information content (AvgIpc) is 3.17. The number of amides is 5. The van der Waals surface area contributed by atoms with Crippen molar-refractivity contribution in [2.75, 3.05) is 105 Å². The van der Waals surface area contributed by atoms with Crippen LogP contribution in [0.4, 0.5) is 0 Å². The highest BCUT2D eigenvalue weighted by molar-refractivity contribution is 5.84. The number of carbonyl (C=O) groups excluding carboxylic acids is 5. The summed E-state index contributed by atoms with van der Waals surface area (Å²) in [6, 6.07) is -1.02. The van der Waals surface area contributed by atoms with Crippen LogP contribution < -0.4 is 26.6 Å². The topological polar surface area (TPSA) is 308 Å². The zero-order valence-electron chi connectivity index (χ0n) is 34.9. The lowest BCUT2D eigenvalue weighted by atomic mass is 10.1. The molecule has 1 aliphatic heterocycles. The number of carboxylic acid groups (broad SMARTS) is 4. The van der Waals surface area contributed by atoms with Crippen LogP contribution in [-0.4, -0.2) is 204 Å². The standard InChI is InChI=1S/C38H67N9O13/c1-2-30(48)43-29(38(59)60)8-6-15-41-33(51)11-10-32(50)39-13-4-3-5-14-40-34(52)12-16-42-31(49)9-7-17-44-18-20-45(26-35(53)54)22-24-47(28-37(57)58)25-23-46(21-19-44)27-36(55)56/h29H,2-28H2,1H3,(H,39,50)(H,40,52)(H,41,51)(H,42,49)(H,43,48)(H,53,54)(H,55,56)(H,57,58)(H,59,60). The van der Waals surface area contributed by atoms with E-state index < -0.39 is 29.9 Å². The minimum absolute atomic E-state index is 0.00428. The first-order chi connectivity index (χ1) is 28.6. The van der Waals surface area contributed by atoms with Gasteiger partial charge in [0.2, 0.25) is 29.5 Å². The van der Waals surface area contributed by atoms with E-state index in [9.17, 15) is 63.6 Å². The van der Waals surface area contributed by atoms with E-state index in [2.05, 4.69) is 31.5 Å². The molecule has 1 rings (SSSR count). The third-order valence-corrected chi connectivity index (χ3v) is 9.58. The zero-order valence-corrected chi connectivity index (χ0v) is 34.9. The van der Waals surface area contributed by atoms with Crippen LogP contribution in [0.3, 0.4) is 0 Å². The summed E-state index contributed by atoms with van der Waals surface area (Å²) in [5.41, 5.74) is 0. The van der Waals surface area contributed by atoms with Crippen LogP contribution >= 0.6 is 0 Å². The summed E-state index contributed by atoms with van der Waals surface area (Å²) < 4.78 is 0. The van der Waals surface area contributed by atoms with Gasteiger partial charge in [0.15, 0.2) is 0 Å². The highest BCUT2D eigenvalue weighted by atomic mass is 16.4. The summed E-state index contributed by atoms with van der Waals surface area (Å²) in [7, 11) is 0. The predicted molar refractivity (Wildman–Crippen MR) is 217 cm³/mol. The fraction of sp³-hybridized carbons (Fsp3) is 0.763. The van der Waals surface area contributed by atoms with Gasteiger partial charge in [-0.3, -0.25) is 53.1 Å². The molecule has 1 aliphatic rings. The summed E-state index contributed by atoms with van der Waals surface area (Å²) in [5.74, 6) is -5.58. The Hall–Kier alpha value is -4.93. The van der Waals surface area contributed by atoms with Crippen LogP contribution in [-0.2, 0) is 43.2 Å². The normalized spacial score (nSPS) is 15.3. The summed E-state index contributed by atoms with van der Waals surface area (Å²) in [6.45, 7) is 5.66. The monoisotopic (exact) mass is 857 g/mol. The van der Waals surface area contributed by atoms with Gasteiger partial charge in [-0.2, -0.15) is 0 Å². The molecule has 0 aliphatic carbocycles. The van der Waals surface area contributed by atoms with Crippen LogP contribution in [0.5, 0.6) is 0 Å². The van der Waals surface area contributed by atoms with Crippen LogP contribution in [0.15, 0.2) is 0 Å². The number of rotatable bonds is 29. The third kappa shape index (κ3) is 28.5. The number of nitrogens with zero attached hydrogens (tertiary/aromatic N) is 4. The fourth-order valence-electron chi connectivity index (χ4n) is 6.18. The molecule has 1 heterocycles. The molecule has 1 unspecified atom stereocenters. The molecule has 0 saturated carbocycles. The number of hydrogen-bond acceptors (Lipinski definition) is 13. The minimum atomic E-state index is -1.14. The summed E-state index contributed by atoms with van der Waals surface area (Å²) in [5, 5.41) is 50.7. The second-order valence-electron chi connectivity index (χ2n) is 14.6. The highest BCUT2D eigenvalue weighted by Gasteiger charge is 2.21. The Morgan fingerprint density at radius 1 is 0.450 bits per heavy atom. The smallest absolute Gasteiger partial charge is 0.326 e. The van der Waals surface area contributed by atoms with Crippen LogP contribution in [0.2, 0.25) is 0 Å². The van der Waals surface area contributed by atoms with Crippen molar-refractivity contribution in [1.82, 2.24) is 46.2 Å². The molecule has 342 valence electrons. The Kier molecular flexibility index (Phi) is 28.2. The van der Waals surface area contributed by atoms with Crippen molar-refractivity contribution in [3.8, 4) is 0 Å². The largest absolute Gasteiger partial charge is 0.480 e. The molecule has 1 saturated heterocycles. The molecular formula is C38H67N9O13. The van der Waals surface area contributed by atoms with E-state index in [1.54, 1.807) is 21.6 Å². The predicted octanol–water partition coefficient (Wildman–Crippen LogP) is -2.19. The molecular weight excluding hydrogens is 790 g/mol. The molecule has 0 radical (unpaired) electrons. The number of carboxylic acids is 4. The average molecular weight is 858 g/mol. The first kappa shape index (κ1) is 53.1. The number of carbonyl (C=O) groups is 9. The van der Waals surface area contributed by atoms with Crippen LogP contribution in [0.1, 0.15) is 77.6 Å². The Balaban J connectivity index is 2.27. The van der Waals surface area contributed by atoms with E-state index in [1.165, 1.54) is 0 Å². The molecule has 5 amide bonds. The molecule has 22 nitrogen and oxygen atoms in total. The van der Waals surface area contributed by atoms with Crippen molar-refractivity contribution in [3.63, 3.8) is 0 Å². The molecule has 0 spiro atoms. The van der Waals surface area contributed by atoms with Crippen molar-refractivity contribution in [1.29, 1.82) is 0 Å². The molecule has 60 heavy (non-hydrogen) atoms. The first-order valence-corrected chi connectivity index (χ1v) is 20.7. The number of aliphatic carboxylic acids is 4. The fourth-order valence-corrected chi connectivity index (χ4v) is 6.18. The van der Waals surface area contributed by atoms with Gasteiger partial charge in [-0.15, -0.1) is 0 Å². The van der Waals surface area contributed by atoms with E-state index in [1.807, 2.05) is 0 Å². The molecule has 22 heteroatoms. The Bertz CT molecular complexity index is 1360. The van der Waals surface area contributed by atoms with E-state index in [4.69, 9.17) is 0 Å². The van der Waals surface area contributed by atoms with E-state index in [-0.39, 0.29) is 101 Å². The quantitative estimate of drug-likeness (QED) is 0.0361. The third-order valence-electron chi connectivity index (χ3n) is 9.58. The van der Waals surface area contributed by atoms with E-state index >= 15 is 0 Å². The van der Waals surface area contributed by atoms with Gasteiger partial charge in [0.25, 0.3) is 0 Å². The zero-order chi connectivity index (χ0) is 44.7. The molecule has 0 aromatic rings. The second-order valence-corrected chi connectivity index (χ2v) is 14.6. The maximum atomic E-state index is 12.5. The van der Waals surface area contributed by atoms with Crippen LogP contribution in [0.25, 0.3) is 0 Å². The highest BCUT2D eigenvalue weighted by Crippen LogP contribution is 2.04. The molecule has 9 N–H and O–H groups in total. The van der Waals surface area contributed by atoms with Crippen molar-refractivity contribution >= 4 is 53.4 Å². The molecule has 0 bridgehead atoms. The second kappa shape index (κ2) is 31.9. The Morgan fingerprint density at radius 3 is 1.25 bits per heavy atom.